The fraction of sp³-hybridized carbons (Fsp3) is 0.455. The van der Waals surface area contributed by atoms with Crippen molar-refractivity contribution in [3.63, 3.8) is 0 Å². The first-order valence-corrected chi connectivity index (χ1v) is 10.3. The number of halogens is 1. The lowest BCUT2D eigenvalue weighted by Gasteiger charge is -2.24. The molecule has 1 aromatic carbocycles. The second kappa shape index (κ2) is 7.92. The Morgan fingerprint density at radius 2 is 2.06 bits per heavy atom. The number of nitrogens with one attached hydrogen (secondary N) is 1. The number of benzene rings is 1. The minimum Gasteiger partial charge on any atom is -0.479 e. The lowest BCUT2D eigenvalue weighted by atomic mass is 10.1. The number of nitrogens with zero attached hydrogens (tertiary/aromatic N) is 2. The Labute approximate surface area is 183 Å². The van der Waals surface area contributed by atoms with Crippen molar-refractivity contribution in [3.05, 3.63) is 47.8 Å². The van der Waals surface area contributed by atoms with Crippen LogP contribution in [0, 0.1) is 11.7 Å². The number of carboxylic acids is 1. The number of rotatable bonds is 5. The third-order valence-corrected chi connectivity index (χ3v) is 6.45. The van der Waals surface area contributed by atoms with Gasteiger partial charge in [0.15, 0.2) is 0 Å². The van der Waals surface area contributed by atoms with Gasteiger partial charge >= 0.3 is 12.1 Å². The number of hydrogen-bond donors (Lipinski definition) is 2. The maximum absolute atomic E-state index is 13.9. The van der Waals surface area contributed by atoms with Gasteiger partial charge in [0.25, 0.3) is 0 Å². The Bertz CT molecular complexity index is 1010. The van der Waals surface area contributed by atoms with E-state index in [0.717, 1.165) is 0 Å². The van der Waals surface area contributed by atoms with Crippen molar-refractivity contribution in [3.8, 4) is 0 Å². The molecule has 1 saturated heterocycles. The molecular weight excluding hydrogens is 421 g/mol. The molecule has 9 nitrogen and oxygen atoms in total. The normalized spacial score (nSPS) is 28.1. The molecule has 0 radical (unpaired) electrons. The van der Waals surface area contributed by atoms with Gasteiger partial charge in [0.05, 0.1) is 13.1 Å². The van der Waals surface area contributed by atoms with Gasteiger partial charge < -0.3 is 20.1 Å². The van der Waals surface area contributed by atoms with Crippen LogP contribution in [-0.2, 0) is 32.2 Å². The Morgan fingerprint density at radius 3 is 2.66 bits per heavy atom. The molecule has 3 aliphatic rings. The first kappa shape index (κ1) is 21.8. The molecule has 2 unspecified atom stereocenters. The zero-order valence-corrected chi connectivity index (χ0v) is 17.5. The summed E-state index contributed by atoms with van der Waals surface area (Å²) in [6, 6.07) is 3.69. The Morgan fingerprint density at radius 1 is 1.31 bits per heavy atom. The Hall–Kier alpha value is -3.43. The fourth-order valence-electron chi connectivity index (χ4n) is 4.53. The molecule has 1 aliphatic carbocycles. The van der Waals surface area contributed by atoms with Crippen molar-refractivity contribution in [2.24, 2.45) is 5.92 Å². The quantitative estimate of drug-likeness (QED) is 0.662. The number of ether oxygens (including phenoxy) is 1. The molecule has 2 fully saturated rings. The number of aliphatic carboxylic acids is 1. The average molecular weight is 445 g/mol. The predicted octanol–water partition coefficient (Wildman–Crippen LogP) is 1.41. The van der Waals surface area contributed by atoms with Gasteiger partial charge in [-0.15, -0.1) is 6.58 Å². The van der Waals surface area contributed by atoms with E-state index in [9.17, 15) is 28.7 Å². The van der Waals surface area contributed by atoms with Crippen molar-refractivity contribution in [2.75, 3.05) is 6.54 Å². The minimum absolute atomic E-state index is 0.0132. The van der Waals surface area contributed by atoms with E-state index in [0.29, 0.717) is 11.1 Å². The minimum atomic E-state index is -1.42. The number of carbonyl (C=O) groups excluding carboxylic acids is 3. The number of fused-ring (bicyclic) bond motifs is 1. The summed E-state index contributed by atoms with van der Waals surface area (Å²) in [7, 11) is 0. The van der Waals surface area contributed by atoms with Crippen LogP contribution < -0.4 is 5.32 Å². The van der Waals surface area contributed by atoms with E-state index in [1.54, 1.807) is 12.1 Å². The summed E-state index contributed by atoms with van der Waals surface area (Å²) in [5.74, 6) is -2.93. The van der Waals surface area contributed by atoms with E-state index in [1.807, 2.05) is 0 Å². The Balaban J connectivity index is 1.40. The van der Waals surface area contributed by atoms with Crippen molar-refractivity contribution >= 4 is 23.9 Å². The fourth-order valence-corrected chi connectivity index (χ4v) is 4.53. The molecule has 0 aromatic heterocycles. The van der Waals surface area contributed by atoms with Crippen LogP contribution in [0.4, 0.5) is 9.18 Å². The number of carboxylic acid groups (broad SMARTS) is 1. The molecule has 2 heterocycles. The highest BCUT2D eigenvalue weighted by Crippen LogP contribution is 2.45. The summed E-state index contributed by atoms with van der Waals surface area (Å²) in [5, 5.41) is 12.1. The van der Waals surface area contributed by atoms with E-state index in [2.05, 4.69) is 11.9 Å². The highest BCUT2D eigenvalue weighted by molar-refractivity contribution is 5.94. The van der Waals surface area contributed by atoms with Gasteiger partial charge in [0, 0.05) is 31.4 Å². The van der Waals surface area contributed by atoms with Gasteiger partial charge in [0.1, 0.15) is 23.5 Å². The molecule has 2 N–H and O–H groups in total. The van der Waals surface area contributed by atoms with E-state index >= 15 is 0 Å². The predicted molar refractivity (Wildman–Crippen MR) is 109 cm³/mol. The maximum atomic E-state index is 13.9. The highest BCUT2D eigenvalue weighted by Gasteiger charge is 2.61. The van der Waals surface area contributed by atoms with Crippen LogP contribution in [0.3, 0.4) is 0 Å². The summed E-state index contributed by atoms with van der Waals surface area (Å²) >= 11 is 0. The summed E-state index contributed by atoms with van der Waals surface area (Å²) in [6.07, 6.45) is 0.347. The topological polar surface area (TPSA) is 116 Å². The summed E-state index contributed by atoms with van der Waals surface area (Å²) in [6.45, 7) is 5.18. The molecule has 170 valence electrons. The average Bonchev–Trinajstić information content (AvgIpc) is 3.08. The molecule has 32 heavy (non-hydrogen) atoms. The highest BCUT2D eigenvalue weighted by atomic mass is 19.1. The summed E-state index contributed by atoms with van der Waals surface area (Å²) in [5.41, 5.74) is -0.267. The molecule has 1 aromatic rings. The van der Waals surface area contributed by atoms with Crippen LogP contribution in [0.15, 0.2) is 30.9 Å². The van der Waals surface area contributed by atoms with Crippen LogP contribution >= 0.6 is 0 Å². The van der Waals surface area contributed by atoms with E-state index in [-0.39, 0.29) is 50.1 Å². The molecule has 0 spiro atoms. The molecule has 4 atom stereocenters. The zero-order valence-electron chi connectivity index (χ0n) is 17.5. The summed E-state index contributed by atoms with van der Waals surface area (Å²) < 4.78 is 19.5. The molecule has 4 rings (SSSR count). The van der Waals surface area contributed by atoms with Gasteiger partial charge in [-0.25, -0.2) is 14.0 Å². The second-order valence-corrected chi connectivity index (χ2v) is 8.47. The molecule has 1 saturated carbocycles. The van der Waals surface area contributed by atoms with Crippen LogP contribution in [0.25, 0.3) is 0 Å². The number of likely N-dealkylation sites (tertiary alicyclic amines) is 1. The lowest BCUT2D eigenvalue weighted by Crippen LogP contribution is -2.52. The number of carbonyl (C=O) groups is 4. The smallest absolute Gasteiger partial charge is 0.410 e. The molecule has 2 aliphatic heterocycles. The first-order chi connectivity index (χ1) is 15.2. The van der Waals surface area contributed by atoms with Crippen molar-refractivity contribution in [2.45, 2.75) is 50.5 Å². The third-order valence-electron chi connectivity index (χ3n) is 6.45. The van der Waals surface area contributed by atoms with E-state index in [1.165, 1.54) is 28.9 Å². The summed E-state index contributed by atoms with van der Waals surface area (Å²) in [4.78, 5) is 51.9. The van der Waals surface area contributed by atoms with Gasteiger partial charge in [-0.1, -0.05) is 18.2 Å². The molecule has 0 bridgehead atoms. The number of amides is 3. The van der Waals surface area contributed by atoms with Crippen molar-refractivity contribution in [1.82, 2.24) is 15.1 Å². The lowest BCUT2D eigenvalue weighted by molar-refractivity contribution is -0.145. The Kier molecular flexibility index (Phi) is 5.39. The van der Waals surface area contributed by atoms with Crippen LogP contribution in [0.5, 0.6) is 0 Å². The molecule has 3 amide bonds. The standard InChI is InChI=1S/C22H24FN3O6/c1-3-14-8-22(14,20(29)30)24-19(28)18-7-15(10-26(18)12(2)27)32-21(31)25-9-13-5-4-6-17(23)16(13)11-25/h3-6,14-15,18H,1,7-11H2,2H3,(H,24,28)(H,29,30)/t14-,15-,18?,22?/m1/s1. The van der Waals surface area contributed by atoms with Crippen LogP contribution in [0.1, 0.15) is 30.9 Å². The molecule has 10 heteroatoms. The maximum Gasteiger partial charge on any atom is 0.410 e. The van der Waals surface area contributed by atoms with Gasteiger partial charge in [0.2, 0.25) is 11.8 Å². The van der Waals surface area contributed by atoms with Gasteiger partial charge in [-0.3, -0.25) is 14.5 Å². The SMILES string of the molecule is C=C[C@@H]1CC1(NC(=O)C1C[C@@H](OC(=O)N2Cc3cccc(F)c3C2)CN1C(C)=O)C(=O)O. The largest absolute Gasteiger partial charge is 0.479 e. The second-order valence-electron chi connectivity index (χ2n) is 8.47. The van der Waals surface area contributed by atoms with Crippen LogP contribution in [-0.4, -0.2) is 63.0 Å². The number of hydrogen-bond acceptors (Lipinski definition) is 5. The third kappa shape index (κ3) is 3.69. The first-order valence-electron chi connectivity index (χ1n) is 10.3. The zero-order chi connectivity index (χ0) is 23.2. The van der Waals surface area contributed by atoms with Crippen molar-refractivity contribution < 1.29 is 33.4 Å². The van der Waals surface area contributed by atoms with Crippen molar-refractivity contribution in [1.29, 1.82) is 0 Å². The van der Waals surface area contributed by atoms with Crippen LogP contribution in [0.2, 0.25) is 0 Å². The van der Waals surface area contributed by atoms with E-state index < -0.39 is 35.7 Å². The molecular formula is C22H24FN3O6. The monoisotopic (exact) mass is 445 g/mol. The van der Waals surface area contributed by atoms with E-state index in [4.69, 9.17) is 4.74 Å². The van der Waals surface area contributed by atoms with Gasteiger partial charge in [-0.2, -0.15) is 0 Å². The van der Waals surface area contributed by atoms with Gasteiger partial charge in [-0.05, 0) is 18.1 Å².